The number of carbonyl (C=O) groups is 1. The van der Waals surface area contributed by atoms with Crippen molar-refractivity contribution in [2.45, 2.75) is 24.0 Å². The highest BCUT2D eigenvalue weighted by Gasteiger charge is 2.14. The third-order valence-corrected chi connectivity index (χ3v) is 4.59. The maximum absolute atomic E-state index is 12.1. The molecular formula is C18H20N2O4S. The molecule has 2 aromatic carbocycles. The van der Waals surface area contributed by atoms with Gasteiger partial charge in [-0.25, -0.2) is 0 Å². The van der Waals surface area contributed by atoms with Crippen LogP contribution in [0.3, 0.4) is 0 Å². The minimum Gasteiger partial charge on any atom is -0.491 e. The molecule has 132 valence electrons. The zero-order valence-electron chi connectivity index (χ0n) is 14.1. The number of non-ortho nitro benzene ring substituents is 1. The van der Waals surface area contributed by atoms with Gasteiger partial charge in [0.2, 0.25) is 5.91 Å². The molecule has 0 aromatic heterocycles. The lowest BCUT2D eigenvalue weighted by atomic mass is 10.2. The van der Waals surface area contributed by atoms with Crippen molar-refractivity contribution < 1.29 is 14.5 Å². The molecule has 0 radical (unpaired) electrons. The Labute approximate surface area is 150 Å². The second-order valence-corrected chi connectivity index (χ2v) is 6.83. The number of hydrogen-bond donors (Lipinski definition) is 1. The summed E-state index contributed by atoms with van der Waals surface area (Å²) < 4.78 is 5.64. The first-order chi connectivity index (χ1) is 12.0. The zero-order valence-corrected chi connectivity index (χ0v) is 14.9. The predicted octanol–water partition coefficient (Wildman–Crippen LogP) is 3.58. The molecule has 0 saturated carbocycles. The molecule has 2 aromatic rings. The van der Waals surface area contributed by atoms with Crippen molar-refractivity contribution in [3.63, 3.8) is 0 Å². The Bertz CT molecular complexity index is 734. The highest BCUT2D eigenvalue weighted by Crippen LogP contribution is 2.25. The van der Waals surface area contributed by atoms with E-state index in [-0.39, 0.29) is 16.8 Å². The lowest BCUT2D eigenvalue weighted by Gasteiger charge is -2.13. The second kappa shape index (κ2) is 9.08. The summed E-state index contributed by atoms with van der Waals surface area (Å²) in [6, 6.07) is 13.9. The Morgan fingerprint density at radius 2 is 1.92 bits per heavy atom. The molecule has 0 bridgehead atoms. The van der Waals surface area contributed by atoms with E-state index in [4.69, 9.17) is 4.74 Å². The number of amides is 1. The van der Waals surface area contributed by atoms with Crippen molar-refractivity contribution in [3.8, 4) is 5.75 Å². The fourth-order valence-electron chi connectivity index (χ4n) is 2.10. The van der Waals surface area contributed by atoms with E-state index in [1.165, 1.54) is 23.9 Å². The summed E-state index contributed by atoms with van der Waals surface area (Å²) in [4.78, 5) is 23.1. The lowest BCUT2D eigenvalue weighted by Crippen LogP contribution is -2.34. The molecule has 1 unspecified atom stereocenters. The quantitative estimate of drug-likeness (QED) is 0.337. The standard InChI is InChI=1S/C18H20N2O4S/c1-13-5-3-4-6-17(13)24-12-11-19-18(21)14(2)25-16-9-7-15(8-10-16)20(22)23/h3-10,14H,11-12H2,1-2H3,(H,19,21). The number of hydrogen-bond acceptors (Lipinski definition) is 5. The van der Waals surface area contributed by atoms with Crippen LogP contribution in [0, 0.1) is 17.0 Å². The Morgan fingerprint density at radius 1 is 1.24 bits per heavy atom. The van der Waals surface area contributed by atoms with Gasteiger partial charge in [0.05, 0.1) is 16.7 Å². The van der Waals surface area contributed by atoms with Gasteiger partial charge in [0.1, 0.15) is 12.4 Å². The normalized spacial score (nSPS) is 11.6. The molecule has 2 rings (SSSR count). The van der Waals surface area contributed by atoms with Gasteiger partial charge in [-0.15, -0.1) is 11.8 Å². The molecule has 6 nitrogen and oxygen atoms in total. The number of nitro benzene ring substituents is 1. The highest BCUT2D eigenvalue weighted by molar-refractivity contribution is 8.00. The van der Waals surface area contributed by atoms with Crippen LogP contribution in [0.15, 0.2) is 53.4 Å². The van der Waals surface area contributed by atoms with Crippen LogP contribution in [0.2, 0.25) is 0 Å². The summed E-state index contributed by atoms with van der Waals surface area (Å²) in [5.74, 6) is 0.710. The van der Waals surface area contributed by atoms with Crippen molar-refractivity contribution in [2.75, 3.05) is 13.2 Å². The van der Waals surface area contributed by atoms with E-state index < -0.39 is 4.92 Å². The average molecular weight is 360 g/mol. The first-order valence-electron chi connectivity index (χ1n) is 7.84. The number of thioether (sulfide) groups is 1. The van der Waals surface area contributed by atoms with E-state index in [1.807, 2.05) is 31.2 Å². The number of benzene rings is 2. The third-order valence-electron chi connectivity index (χ3n) is 3.48. The molecule has 1 N–H and O–H groups in total. The summed E-state index contributed by atoms with van der Waals surface area (Å²) in [5, 5.41) is 13.2. The molecule has 0 aliphatic rings. The van der Waals surface area contributed by atoms with E-state index in [1.54, 1.807) is 19.1 Å². The largest absolute Gasteiger partial charge is 0.491 e. The molecule has 0 fully saturated rings. The minimum absolute atomic E-state index is 0.0369. The summed E-state index contributed by atoms with van der Waals surface area (Å²) in [6.07, 6.45) is 0. The van der Waals surface area contributed by atoms with Crippen molar-refractivity contribution in [1.82, 2.24) is 5.32 Å². The third kappa shape index (κ3) is 5.79. The maximum atomic E-state index is 12.1. The summed E-state index contributed by atoms with van der Waals surface area (Å²) in [7, 11) is 0. The first-order valence-corrected chi connectivity index (χ1v) is 8.72. The number of para-hydroxylation sites is 1. The van der Waals surface area contributed by atoms with E-state index in [0.29, 0.717) is 13.2 Å². The number of nitrogens with zero attached hydrogens (tertiary/aromatic N) is 1. The number of nitrogens with one attached hydrogen (secondary N) is 1. The molecule has 7 heteroatoms. The zero-order chi connectivity index (χ0) is 18.2. The van der Waals surface area contributed by atoms with Gasteiger partial charge in [-0.3, -0.25) is 14.9 Å². The van der Waals surface area contributed by atoms with Gasteiger partial charge < -0.3 is 10.1 Å². The molecule has 0 aliphatic carbocycles. The lowest BCUT2D eigenvalue weighted by molar-refractivity contribution is -0.384. The van der Waals surface area contributed by atoms with Crippen LogP contribution in [0.1, 0.15) is 12.5 Å². The topological polar surface area (TPSA) is 81.5 Å². The second-order valence-electron chi connectivity index (χ2n) is 5.42. The predicted molar refractivity (Wildman–Crippen MR) is 98.1 cm³/mol. The van der Waals surface area contributed by atoms with E-state index in [0.717, 1.165) is 16.2 Å². The number of ether oxygens (including phenoxy) is 1. The Kier molecular flexibility index (Phi) is 6.82. The smallest absolute Gasteiger partial charge is 0.269 e. The number of aryl methyl sites for hydroxylation is 1. The summed E-state index contributed by atoms with van der Waals surface area (Å²) in [5.41, 5.74) is 1.09. The van der Waals surface area contributed by atoms with Crippen LogP contribution in [0.4, 0.5) is 5.69 Å². The van der Waals surface area contributed by atoms with Gasteiger partial charge in [0.15, 0.2) is 0 Å². The summed E-state index contributed by atoms with van der Waals surface area (Å²) in [6.45, 7) is 4.57. The molecule has 25 heavy (non-hydrogen) atoms. The first kappa shape index (κ1) is 18.8. The molecule has 0 saturated heterocycles. The molecular weight excluding hydrogens is 340 g/mol. The van der Waals surface area contributed by atoms with Crippen LogP contribution in [-0.4, -0.2) is 29.2 Å². The van der Waals surface area contributed by atoms with Gasteiger partial charge in [-0.1, -0.05) is 18.2 Å². The van der Waals surface area contributed by atoms with Crippen molar-refractivity contribution in [2.24, 2.45) is 0 Å². The van der Waals surface area contributed by atoms with Crippen LogP contribution in [-0.2, 0) is 4.79 Å². The Balaban J connectivity index is 1.74. The monoisotopic (exact) mass is 360 g/mol. The van der Waals surface area contributed by atoms with E-state index in [9.17, 15) is 14.9 Å². The van der Waals surface area contributed by atoms with Crippen molar-refractivity contribution in [3.05, 3.63) is 64.2 Å². The maximum Gasteiger partial charge on any atom is 0.269 e. The fourth-order valence-corrected chi connectivity index (χ4v) is 2.99. The fraction of sp³-hybridized carbons (Fsp3) is 0.278. The van der Waals surface area contributed by atoms with Gasteiger partial charge in [0, 0.05) is 17.0 Å². The van der Waals surface area contributed by atoms with Gasteiger partial charge in [0.25, 0.3) is 5.69 Å². The molecule has 0 heterocycles. The SMILES string of the molecule is Cc1ccccc1OCCNC(=O)C(C)Sc1ccc([N+](=O)[O-])cc1. The minimum atomic E-state index is -0.445. The van der Waals surface area contributed by atoms with E-state index >= 15 is 0 Å². The summed E-state index contributed by atoms with van der Waals surface area (Å²) >= 11 is 1.35. The average Bonchev–Trinajstić information content (AvgIpc) is 2.60. The van der Waals surface area contributed by atoms with E-state index in [2.05, 4.69) is 5.32 Å². The highest BCUT2D eigenvalue weighted by atomic mass is 32.2. The molecule has 1 atom stereocenters. The molecule has 0 aliphatic heterocycles. The van der Waals surface area contributed by atoms with Crippen LogP contribution < -0.4 is 10.1 Å². The van der Waals surface area contributed by atoms with Crippen LogP contribution in [0.25, 0.3) is 0 Å². The number of rotatable bonds is 8. The molecule has 1 amide bonds. The number of nitro groups is 1. The van der Waals surface area contributed by atoms with Gasteiger partial charge in [-0.2, -0.15) is 0 Å². The van der Waals surface area contributed by atoms with Crippen LogP contribution >= 0.6 is 11.8 Å². The van der Waals surface area contributed by atoms with Crippen LogP contribution in [0.5, 0.6) is 5.75 Å². The van der Waals surface area contributed by atoms with Crippen molar-refractivity contribution in [1.29, 1.82) is 0 Å². The Hall–Kier alpha value is -2.54. The van der Waals surface area contributed by atoms with Gasteiger partial charge in [-0.05, 0) is 37.6 Å². The molecule has 0 spiro atoms. The van der Waals surface area contributed by atoms with Gasteiger partial charge >= 0.3 is 0 Å². The number of carbonyl (C=O) groups excluding carboxylic acids is 1. The van der Waals surface area contributed by atoms with Crippen molar-refractivity contribution >= 4 is 23.4 Å². The Morgan fingerprint density at radius 3 is 2.56 bits per heavy atom.